The molecule has 1 aromatic rings. The van der Waals surface area contributed by atoms with E-state index < -0.39 is 12.5 Å². The van der Waals surface area contributed by atoms with Gasteiger partial charge in [-0.25, -0.2) is 8.78 Å². The Balaban J connectivity index is 2.94. The van der Waals surface area contributed by atoms with Gasteiger partial charge in [0.1, 0.15) is 6.10 Å². The molecule has 1 rings (SSSR count). The van der Waals surface area contributed by atoms with Gasteiger partial charge in [-0.2, -0.15) is 0 Å². The van der Waals surface area contributed by atoms with Crippen LogP contribution in [0.3, 0.4) is 0 Å². The van der Waals surface area contributed by atoms with Crippen LogP contribution in [0.25, 0.3) is 0 Å². The molecule has 1 N–H and O–H groups in total. The van der Waals surface area contributed by atoms with E-state index in [-0.39, 0.29) is 0 Å². The minimum Gasteiger partial charge on any atom is -0.382 e. The van der Waals surface area contributed by atoms with Crippen LogP contribution >= 0.6 is 11.3 Å². The molecule has 0 bridgehead atoms. The van der Waals surface area contributed by atoms with Crippen molar-refractivity contribution in [3.8, 4) is 0 Å². The van der Waals surface area contributed by atoms with Crippen molar-refractivity contribution >= 4 is 11.3 Å². The van der Waals surface area contributed by atoms with E-state index in [1.165, 1.54) is 11.3 Å². The smallest absolute Gasteiger partial charge is 0.269 e. The third-order valence-electron chi connectivity index (χ3n) is 1.59. The van der Waals surface area contributed by atoms with Crippen LogP contribution in [0.1, 0.15) is 21.4 Å². The van der Waals surface area contributed by atoms with Crippen LogP contribution in [0.2, 0.25) is 0 Å². The molecule has 0 saturated carbocycles. The highest BCUT2D eigenvalue weighted by molar-refractivity contribution is 7.12. The molecule has 0 saturated heterocycles. The van der Waals surface area contributed by atoms with Crippen LogP contribution in [-0.2, 0) is 0 Å². The first-order valence-electron chi connectivity index (χ1n) is 3.55. The van der Waals surface area contributed by atoms with Gasteiger partial charge in [-0.05, 0) is 25.5 Å². The predicted molar refractivity (Wildman–Crippen MR) is 44.8 cm³/mol. The Morgan fingerprint density at radius 3 is 2.33 bits per heavy atom. The monoisotopic (exact) mass is 192 g/mol. The van der Waals surface area contributed by atoms with E-state index in [0.29, 0.717) is 4.88 Å². The van der Waals surface area contributed by atoms with E-state index in [9.17, 15) is 8.78 Å². The fraction of sp³-hybridized carbons (Fsp3) is 0.500. The van der Waals surface area contributed by atoms with E-state index in [0.717, 1.165) is 10.4 Å². The van der Waals surface area contributed by atoms with E-state index in [1.54, 1.807) is 13.0 Å². The molecular formula is C8H10F2OS. The third kappa shape index (κ3) is 1.81. The molecule has 1 atom stereocenters. The van der Waals surface area contributed by atoms with Crippen molar-refractivity contribution in [2.75, 3.05) is 0 Å². The highest BCUT2D eigenvalue weighted by Gasteiger charge is 2.22. The lowest BCUT2D eigenvalue weighted by molar-refractivity contribution is -0.00401. The first-order chi connectivity index (χ1) is 5.52. The SMILES string of the molecule is Cc1cc(C)c(C(O)C(F)F)s1. The average Bonchev–Trinajstić information content (AvgIpc) is 2.28. The molecule has 0 aliphatic heterocycles. The number of aliphatic hydroxyl groups is 1. The van der Waals surface area contributed by atoms with Crippen molar-refractivity contribution in [3.05, 3.63) is 21.4 Å². The first-order valence-corrected chi connectivity index (χ1v) is 4.37. The summed E-state index contributed by atoms with van der Waals surface area (Å²) >= 11 is 1.22. The Morgan fingerprint density at radius 2 is 2.00 bits per heavy atom. The van der Waals surface area contributed by atoms with Gasteiger partial charge < -0.3 is 5.11 Å². The maximum Gasteiger partial charge on any atom is 0.269 e. The minimum atomic E-state index is -2.69. The molecule has 1 unspecified atom stereocenters. The number of hydrogen-bond donors (Lipinski definition) is 1. The van der Waals surface area contributed by atoms with Crippen molar-refractivity contribution in [1.82, 2.24) is 0 Å². The molecule has 0 aliphatic carbocycles. The van der Waals surface area contributed by atoms with Crippen molar-refractivity contribution in [2.24, 2.45) is 0 Å². The maximum atomic E-state index is 12.1. The summed E-state index contributed by atoms with van der Waals surface area (Å²) in [4.78, 5) is 1.32. The molecule has 4 heteroatoms. The average molecular weight is 192 g/mol. The summed E-state index contributed by atoms with van der Waals surface area (Å²) in [7, 11) is 0. The number of hydrogen-bond acceptors (Lipinski definition) is 2. The molecule has 0 fully saturated rings. The fourth-order valence-electron chi connectivity index (χ4n) is 1.07. The molecule has 0 aromatic carbocycles. The topological polar surface area (TPSA) is 20.2 Å². The highest BCUT2D eigenvalue weighted by atomic mass is 32.1. The summed E-state index contributed by atoms with van der Waals surface area (Å²) in [5, 5.41) is 9.05. The summed E-state index contributed by atoms with van der Waals surface area (Å²) in [6.45, 7) is 3.56. The lowest BCUT2D eigenvalue weighted by Gasteiger charge is -2.07. The quantitative estimate of drug-likeness (QED) is 0.763. The Labute approximate surface area is 73.7 Å². The molecule has 0 amide bonds. The number of aryl methyl sites for hydroxylation is 2. The fourth-order valence-corrected chi connectivity index (χ4v) is 2.09. The van der Waals surface area contributed by atoms with Gasteiger partial charge in [-0.15, -0.1) is 11.3 Å². The van der Waals surface area contributed by atoms with E-state index in [2.05, 4.69) is 0 Å². The molecule has 0 radical (unpaired) electrons. The largest absolute Gasteiger partial charge is 0.382 e. The van der Waals surface area contributed by atoms with Gasteiger partial charge in [-0.3, -0.25) is 0 Å². The molecule has 0 spiro atoms. The summed E-state index contributed by atoms with van der Waals surface area (Å²) in [6.07, 6.45) is -4.31. The van der Waals surface area contributed by atoms with Crippen LogP contribution in [0, 0.1) is 13.8 Å². The Morgan fingerprint density at radius 1 is 1.42 bits per heavy atom. The van der Waals surface area contributed by atoms with Gasteiger partial charge in [0.05, 0.1) is 0 Å². The Hall–Kier alpha value is -0.480. The Kier molecular flexibility index (Phi) is 2.80. The Bertz CT molecular complexity index is 270. The lowest BCUT2D eigenvalue weighted by atomic mass is 10.2. The number of aliphatic hydroxyl groups excluding tert-OH is 1. The van der Waals surface area contributed by atoms with Crippen LogP contribution in [0.5, 0.6) is 0 Å². The number of halogens is 2. The molecule has 1 heterocycles. The van der Waals surface area contributed by atoms with Crippen molar-refractivity contribution in [2.45, 2.75) is 26.4 Å². The first kappa shape index (κ1) is 9.61. The van der Waals surface area contributed by atoms with E-state index in [4.69, 9.17) is 5.11 Å². The summed E-state index contributed by atoms with van der Waals surface area (Å²) < 4.78 is 24.1. The normalized spacial score (nSPS) is 13.8. The molecule has 12 heavy (non-hydrogen) atoms. The second-order valence-electron chi connectivity index (χ2n) is 2.68. The number of thiophene rings is 1. The highest BCUT2D eigenvalue weighted by Crippen LogP contribution is 2.30. The van der Waals surface area contributed by atoms with Crippen LogP contribution in [0.15, 0.2) is 6.07 Å². The zero-order valence-corrected chi connectivity index (χ0v) is 7.66. The van der Waals surface area contributed by atoms with Gasteiger partial charge >= 0.3 is 0 Å². The zero-order valence-electron chi connectivity index (χ0n) is 6.84. The standard InChI is InChI=1S/C8H10F2OS/c1-4-3-5(2)12-7(4)6(11)8(9)10/h3,6,8,11H,1-2H3. The number of rotatable bonds is 2. The van der Waals surface area contributed by atoms with Crippen molar-refractivity contribution < 1.29 is 13.9 Å². The number of alkyl halides is 2. The van der Waals surface area contributed by atoms with Crippen LogP contribution in [-0.4, -0.2) is 11.5 Å². The molecule has 68 valence electrons. The summed E-state index contributed by atoms with van der Waals surface area (Å²) in [5.41, 5.74) is 0.741. The predicted octanol–water partition coefficient (Wildman–Crippen LogP) is 2.66. The third-order valence-corrected chi connectivity index (χ3v) is 2.81. The summed E-state index contributed by atoms with van der Waals surface area (Å²) in [6, 6.07) is 1.80. The van der Waals surface area contributed by atoms with Crippen molar-refractivity contribution in [1.29, 1.82) is 0 Å². The van der Waals surface area contributed by atoms with Crippen molar-refractivity contribution in [3.63, 3.8) is 0 Å². The molecule has 1 aromatic heterocycles. The molecule has 1 nitrogen and oxygen atoms in total. The van der Waals surface area contributed by atoms with Crippen LogP contribution in [0.4, 0.5) is 8.78 Å². The van der Waals surface area contributed by atoms with E-state index in [1.807, 2.05) is 6.92 Å². The van der Waals surface area contributed by atoms with Gasteiger partial charge in [0.2, 0.25) is 0 Å². The second kappa shape index (κ2) is 3.49. The van der Waals surface area contributed by atoms with Gasteiger partial charge in [0.15, 0.2) is 0 Å². The summed E-state index contributed by atoms with van der Waals surface area (Å²) in [5.74, 6) is 0. The van der Waals surface area contributed by atoms with Gasteiger partial charge in [-0.1, -0.05) is 0 Å². The zero-order chi connectivity index (χ0) is 9.30. The van der Waals surface area contributed by atoms with Crippen LogP contribution < -0.4 is 0 Å². The second-order valence-corrected chi connectivity index (χ2v) is 3.97. The van der Waals surface area contributed by atoms with Gasteiger partial charge in [0.25, 0.3) is 6.43 Å². The molecule has 0 aliphatic rings. The van der Waals surface area contributed by atoms with Gasteiger partial charge in [0, 0.05) is 9.75 Å². The van der Waals surface area contributed by atoms with E-state index >= 15 is 0 Å². The molecular weight excluding hydrogens is 182 g/mol. The minimum absolute atomic E-state index is 0.377. The maximum absolute atomic E-state index is 12.1. The lowest BCUT2D eigenvalue weighted by Crippen LogP contribution is -2.06.